The van der Waals surface area contributed by atoms with Crippen molar-refractivity contribution in [2.24, 2.45) is 4.99 Å². The third kappa shape index (κ3) is 4.31. The molecule has 1 heterocycles. The minimum atomic E-state index is -0.965. The maximum Gasteiger partial charge on any atom is 0.185 e. The Morgan fingerprint density at radius 2 is 2.15 bits per heavy atom. The van der Waals surface area contributed by atoms with Crippen molar-refractivity contribution in [3.05, 3.63) is 40.6 Å². The van der Waals surface area contributed by atoms with Crippen LogP contribution in [-0.4, -0.2) is 44.6 Å². The van der Waals surface area contributed by atoms with Gasteiger partial charge in [0.25, 0.3) is 0 Å². The fourth-order valence-corrected chi connectivity index (χ4v) is 3.41. The number of fused-ring (bicyclic) bond motifs is 1. The number of amidine groups is 1. The van der Waals surface area contributed by atoms with Crippen LogP contribution in [0.5, 0.6) is 0 Å². The molecule has 0 spiro atoms. The van der Waals surface area contributed by atoms with Crippen LogP contribution in [-0.2, 0) is 11.2 Å². The number of nitrogens with zero attached hydrogens (tertiary/aromatic N) is 3. The average molecular weight is 398 g/mol. The smallest absolute Gasteiger partial charge is 0.185 e. The highest BCUT2D eigenvalue weighted by molar-refractivity contribution is 8.00. The summed E-state index contributed by atoms with van der Waals surface area (Å²) in [6.07, 6.45) is 1.00. The van der Waals surface area contributed by atoms with Crippen LogP contribution in [0.1, 0.15) is 35.7 Å². The van der Waals surface area contributed by atoms with Gasteiger partial charge in [0.05, 0.1) is 11.8 Å². The number of ketones is 1. The number of carbonyl (C=O) groups is 1. The first kappa shape index (κ1) is 19.4. The number of carbonyl (C=O) groups excluding carboxylic acids is 1. The Labute approximate surface area is 156 Å². The standard InChI is InChI=1S/C16H16F2N4O4S/c17-11-4-8-5-13(10(8)6-12(11)18)19-15(20-25)14-16(22-26-21-14)27-7-9(24)2-1-3-23/h4,6,13,23,25H,1-3,5,7H2,(H,19,20). The quantitative estimate of drug-likeness (QED) is 0.266. The van der Waals surface area contributed by atoms with Gasteiger partial charge in [0.2, 0.25) is 0 Å². The highest BCUT2D eigenvalue weighted by Crippen LogP contribution is 2.37. The maximum absolute atomic E-state index is 13.4. The predicted octanol–water partition coefficient (Wildman–Crippen LogP) is 1.80. The van der Waals surface area contributed by atoms with Gasteiger partial charge in [0.15, 0.2) is 28.2 Å². The number of nitrogens with one attached hydrogen (secondary N) is 1. The number of hydrogen-bond donors (Lipinski definition) is 3. The van der Waals surface area contributed by atoms with Crippen LogP contribution in [0.2, 0.25) is 0 Å². The van der Waals surface area contributed by atoms with Crippen molar-refractivity contribution in [2.75, 3.05) is 12.4 Å². The monoisotopic (exact) mass is 398 g/mol. The van der Waals surface area contributed by atoms with Gasteiger partial charge in [-0.3, -0.25) is 20.5 Å². The molecule has 8 nitrogen and oxygen atoms in total. The van der Waals surface area contributed by atoms with E-state index in [1.54, 1.807) is 0 Å². The SMILES string of the molecule is O=C(CCCO)CSc1nonc1C(=NC1Cc2cc(F)c(F)cc21)NO. The summed E-state index contributed by atoms with van der Waals surface area (Å²) >= 11 is 1.06. The Kier molecular flexibility index (Phi) is 6.14. The molecule has 2 aromatic rings. The summed E-state index contributed by atoms with van der Waals surface area (Å²) in [6.45, 7) is -0.0637. The lowest BCUT2D eigenvalue weighted by Crippen LogP contribution is -2.26. The highest BCUT2D eigenvalue weighted by atomic mass is 32.2. The summed E-state index contributed by atoms with van der Waals surface area (Å²) < 4.78 is 31.3. The van der Waals surface area contributed by atoms with Crippen molar-refractivity contribution in [3.8, 4) is 0 Å². The summed E-state index contributed by atoms with van der Waals surface area (Å²) in [5, 5.41) is 25.8. The van der Waals surface area contributed by atoms with Crippen molar-refractivity contribution < 1.29 is 28.5 Å². The van der Waals surface area contributed by atoms with Gasteiger partial charge in [-0.25, -0.2) is 13.4 Å². The zero-order valence-electron chi connectivity index (χ0n) is 14.0. The van der Waals surface area contributed by atoms with E-state index in [-0.39, 0.29) is 41.1 Å². The molecule has 0 bridgehead atoms. The molecule has 0 radical (unpaired) electrons. The molecule has 27 heavy (non-hydrogen) atoms. The van der Waals surface area contributed by atoms with Gasteiger partial charge in [0.1, 0.15) is 5.78 Å². The molecular formula is C16H16F2N4O4S. The Hall–Kier alpha value is -2.37. The summed E-state index contributed by atoms with van der Waals surface area (Å²) in [5.41, 5.74) is 3.18. The Balaban J connectivity index is 1.73. The largest absolute Gasteiger partial charge is 0.396 e. The van der Waals surface area contributed by atoms with Gasteiger partial charge in [-0.2, -0.15) is 0 Å². The van der Waals surface area contributed by atoms with Crippen LogP contribution in [0, 0.1) is 11.6 Å². The number of halogens is 2. The van der Waals surface area contributed by atoms with Crippen molar-refractivity contribution in [2.45, 2.75) is 30.3 Å². The molecule has 1 atom stereocenters. The molecule has 1 aliphatic rings. The summed E-state index contributed by atoms with van der Waals surface area (Å²) in [6, 6.07) is 1.72. The lowest BCUT2D eigenvalue weighted by atomic mass is 9.83. The first-order valence-corrected chi connectivity index (χ1v) is 9.06. The average Bonchev–Trinajstić information content (AvgIpc) is 3.12. The zero-order chi connectivity index (χ0) is 19.4. The molecule has 0 saturated carbocycles. The van der Waals surface area contributed by atoms with Crippen LogP contribution in [0.25, 0.3) is 0 Å². The number of thioether (sulfide) groups is 1. The van der Waals surface area contributed by atoms with E-state index in [1.807, 2.05) is 5.48 Å². The van der Waals surface area contributed by atoms with Crippen LogP contribution in [0.15, 0.2) is 26.8 Å². The molecule has 0 saturated heterocycles. The number of hydroxylamine groups is 1. The normalized spacial score (nSPS) is 16.0. The van der Waals surface area contributed by atoms with E-state index in [0.717, 1.165) is 23.9 Å². The summed E-state index contributed by atoms with van der Waals surface area (Å²) in [7, 11) is 0. The van der Waals surface area contributed by atoms with E-state index in [9.17, 15) is 18.8 Å². The van der Waals surface area contributed by atoms with Crippen molar-refractivity contribution in [3.63, 3.8) is 0 Å². The second-order valence-electron chi connectivity index (χ2n) is 5.85. The number of aliphatic imine (C=N–C) groups is 1. The Morgan fingerprint density at radius 3 is 2.89 bits per heavy atom. The first-order valence-electron chi connectivity index (χ1n) is 8.07. The van der Waals surface area contributed by atoms with E-state index in [1.165, 1.54) is 0 Å². The second kappa shape index (κ2) is 8.55. The van der Waals surface area contributed by atoms with Gasteiger partial charge in [-0.1, -0.05) is 11.8 Å². The van der Waals surface area contributed by atoms with Crippen LogP contribution < -0.4 is 5.48 Å². The van der Waals surface area contributed by atoms with Gasteiger partial charge in [0, 0.05) is 13.0 Å². The molecule has 0 aliphatic heterocycles. The third-order valence-corrected chi connectivity index (χ3v) is 5.02. The molecule has 11 heteroatoms. The van der Waals surface area contributed by atoms with Crippen LogP contribution in [0.4, 0.5) is 8.78 Å². The van der Waals surface area contributed by atoms with E-state index >= 15 is 0 Å². The molecular weight excluding hydrogens is 382 g/mol. The molecule has 144 valence electrons. The number of benzene rings is 1. The fraction of sp³-hybridized carbons (Fsp3) is 0.375. The fourth-order valence-electron chi connectivity index (χ4n) is 2.61. The predicted molar refractivity (Wildman–Crippen MR) is 90.6 cm³/mol. The topological polar surface area (TPSA) is 121 Å². The minimum absolute atomic E-state index is 0.0538. The number of rotatable bonds is 8. The first-order chi connectivity index (χ1) is 13.0. The number of Topliss-reactive ketones (excluding diaryl/α,β-unsaturated/α-hetero) is 1. The maximum atomic E-state index is 13.4. The van der Waals surface area contributed by atoms with Crippen molar-refractivity contribution in [1.29, 1.82) is 0 Å². The molecule has 1 aliphatic carbocycles. The van der Waals surface area contributed by atoms with Crippen LogP contribution >= 0.6 is 11.8 Å². The second-order valence-corrected chi connectivity index (χ2v) is 6.81. The zero-order valence-corrected chi connectivity index (χ0v) is 14.8. The van der Waals surface area contributed by atoms with Crippen LogP contribution in [0.3, 0.4) is 0 Å². The molecule has 3 N–H and O–H groups in total. The van der Waals surface area contributed by atoms with E-state index in [2.05, 4.69) is 19.9 Å². The molecule has 1 aromatic heterocycles. The van der Waals surface area contributed by atoms with E-state index in [4.69, 9.17) is 5.11 Å². The lowest BCUT2D eigenvalue weighted by molar-refractivity contribution is -0.116. The van der Waals surface area contributed by atoms with Crippen molar-refractivity contribution >= 4 is 23.4 Å². The molecule has 0 fully saturated rings. The lowest BCUT2D eigenvalue weighted by Gasteiger charge is -2.27. The molecule has 1 aromatic carbocycles. The van der Waals surface area contributed by atoms with Gasteiger partial charge >= 0.3 is 0 Å². The third-order valence-electron chi connectivity index (χ3n) is 4.01. The van der Waals surface area contributed by atoms with E-state index in [0.29, 0.717) is 24.0 Å². The number of hydrogen-bond acceptors (Lipinski definition) is 8. The van der Waals surface area contributed by atoms with E-state index < -0.39 is 17.7 Å². The number of aliphatic hydroxyl groups is 1. The Morgan fingerprint density at radius 1 is 1.37 bits per heavy atom. The summed E-state index contributed by atoms with van der Waals surface area (Å²) in [5.74, 6) is -1.92. The molecule has 1 unspecified atom stereocenters. The number of aliphatic hydroxyl groups excluding tert-OH is 1. The highest BCUT2D eigenvalue weighted by Gasteiger charge is 2.29. The number of aromatic nitrogens is 2. The van der Waals surface area contributed by atoms with Gasteiger partial charge < -0.3 is 5.11 Å². The van der Waals surface area contributed by atoms with Gasteiger partial charge in [-0.05, 0) is 46.4 Å². The Bertz CT molecular complexity index is 874. The minimum Gasteiger partial charge on any atom is -0.396 e. The molecule has 0 amide bonds. The van der Waals surface area contributed by atoms with Crippen molar-refractivity contribution in [1.82, 2.24) is 15.8 Å². The summed E-state index contributed by atoms with van der Waals surface area (Å²) in [4.78, 5) is 16.0. The molecule has 3 rings (SSSR count). The van der Waals surface area contributed by atoms with Gasteiger partial charge in [-0.15, -0.1) is 0 Å².